The van der Waals surface area contributed by atoms with Crippen molar-refractivity contribution in [2.75, 3.05) is 17.7 Å². The van der Waals surface area contributed by atoms with Crippen molar-refractivity contribution in [2.24, 2.45) is 0 Å². The van der Waals surface area contributed by atoms with E-state index in [2.05, 4.69) is 16.0 Å². The summed E-state index contributed by atoms with van der Waals surface area (Å²) >= 11 is 0. The molecule has 120 valence electrons. The molecular formula is C18H21N3O2. The highest BCUT2D eigenvalue weighted by Gasteiger charge is 2.23. The van der Waals surface area contributed by atoms with Crippen LogP contribution in [0.3, 0.4) is 0 Å². The maximum Gasteiger partial charge on any atom is 0.319 e. The molecule has 0 aliphatic heterocycles. The van der Waals surface area contributed by atoms with E-state index in [0.717, 1.165) is 35.5 Å². The van der Waals surface area contributed by atoms with E-state index in [1.807, 2.05) is 48.5 Å². The number of methoxy groups -OCH3 is 1. The molecule has 3 rings (SSSR count). The van der Waals surface area contributed by atoms with Crippen molar-refractivity contribution in [1.82, 2.24) is 5.32 Å². The van der Waals surface area contributed by atoms with Gasteiger partial charge in [0.2, 0.25) is 0 Å². The highest BCUT2D eigenvalue weighted by molar-refractivity contribution is 5.89. The van der Waals surface area contributed by atoms with Gasteiger partial charge in [-0.15, -0.1) is 0 Å². The molecule has 23 heavy (non-hydrogen) atoms. The quantitative estimate of drug-likeness (QED) is 0.764. The normalized spacial score (nSPS) is 13.3. The molecule has 0 atom stereocenters. The second kappa shape index (κ2) is 7.05. The fourth-order valence-electron chi connectivity index (χ4n) is 2.30. The Morgan fingerprint density at radius 3 is 2.48 bits per heavy atom. The average Bonchev–Trinajstić information content (AvgIpc) is 3.38. The molecule has 1 saturated carbocycles. The summed E-state index contributed by atoms with van der Waals surface area (Å²) in [6, 6.07) is 15.8. The lowest BCUT2D eigenvalue weighted by Crippen LogP contribution is -2.30. The largest absolute Gasteiger partial charge is 0.496 e. The summed E-state index contributed by atoms with van der Waals surface area (Å²) in [7, 11) is 1.67. The van der Waals surface area contributed by atoms with Crippen molar-refractivity contribution < 1.29 is 9.53 Å². The van der Waals surface area contributed by atoms with Gasteiger partial charge >= 0.3 is 6.03 Å². The lowest BCUT2D eigenvalue weighted by molar-refractivity contribution is 0.251. The number of anilines is 2. The molecule has 0 saturated heterocycles. The Labute approximate surface area is 136 Å². The first-order valence-electron chi connectivity index (χ1n) is 7.78. The average molecular weight is 311 g/mol. The van der Waals surface area contributed by atoms with Crippen molar-refractivity contribution >= 4 is 17.4 Å². The third-order valence-corrected chi connectivity index (χ3v) is 3.73. The van der Waals surface area contributed by atoms with Gasteiger partial charge in [0, 0.05) is 29.5 Å². The molecule has 0 bridgehead atoms. The predicted octanol–water partition coefficient (Wildman–Crippen LogP) is 3.59. The van der Waals surface area contributed by atoms with Gasteiger partial charge in [0.25, 0.3) is 0 Å². The molecular weight excluding hydrogens is 290 g/mol. The first kappa shape index (κ1) is 15.2. The van der Waals surface area contributed by atoms with Crippen molar-refractivity contribution in [3.8, 4) is 5.75 Å². The molecule has 0 unspecified atom stereocenters. The molecule has 0 aromatic heterocycles. The molecule has 3 N–H and O–H groups in total. The van der Waals surface area contributed by atoms with E-state index in [-0.39, 0.29) is 6.03 Å². The molecule has 1 fully saturated rings. The number of urea groups is 1. The van der Waals surface area contributed by atoms with Crippen LogP contribution in [0.1, 0.15) is 18.4 Å². The number of nitrogens with one attached hydrogen (secondary N) is 3. The Hall–Kier alpha value is -2.69. The number of ether oxygens (including phenoxy) is 1. The number of para-hydroxylation sites is 1. The van der Waals surface area contributed by atoms with E-state index in [1.54, 1.807) is 7.11 Å². The smallest absolute Gasteiger partial charge is 0.319 e. The number of carbonyl (C=O) groups is 1. The van der Waals surface area contributed by atoms with Crippen molar-refractivity contribution in [1.29, 1.82) is 0 Å². The van der Waals surface area contributed by atoms with E-state index in [0.29, 0.717) is 12.6 Å². The Morgan fingerprint density at radius 2 is 1.78 bits per heavy atom. The van der Waals surface area contributed by atoms with Gasteiger partial charge in [-0.2, -0.15) is 0 Å². The summed E-state index contributed by atoms with van der Waals surface area (Å²) in [6.45, 7) is 0.680. The van der Waals surface area contributed by atoms with Crippen LogP contribution >= 0.6 is 0 Å². The molecule has 2 aromatic carbocycles. The van der Waals surface area contributed by atoms with Crippen LogP contribution in [0.4, 0.5) is 16.2 Å². The minimum Gasteiger partial charge on any atom is -0.496 e. The zero-order valence-electron chi connectivity index (χ0n) is 13.1. The summed E-state index contributed by atoms with van der Waals surface area (Å²) in [4.78, 5) is 11.7. The Balaban J connectivity index is 1.53. The van der Waals surface area contributed by atoms with Crippen LogP contribution < -0.4 is 20.7 Å². The molecule has 0 spiro atoms. The Bertz CT molecular complexity index is 666. The van der Waals surface area contributed by atoms with E-state index in [4.69, 9.17) is 4.74 Å². The number of amides is 2. The van der Waals surface area contributed by atoms with Gasteiger partial charge in [0.05, 0.1) is 7.11 Å². The summed E-state index contributed by atoms with van der Waals surface area (Å²) < 4.78 is 5.34. The first-order chi connectivity index (χ1) is 11.2. The molecule has 2 amide bonds. The summed E-state index contributed by atoms with van der Waals surface area (Å²) in [6.07, 6.45) is 2.17. The van der Waals surface area contributed by atoms with Gasteiger partial charge in [-0.25, -0.2) is 4.79 Å². The van der Waals surface area contributed by atoms with Gasteiger partial charge in [0.15, 0.2) is 0 Å². The predicted molar refractivity (Wildman–Crippen MR) is 91.9 cm³/mol. The van der Waals surface area contributed by atoms with Crippen LogP contribution in [-0.2, 0) is 6.54 Å². The molecule has 0 heterocycles. The molecule has 5 heteroatoms. The monoisotopic (exact) mass is 311 g/mol. The van der Waals surface area contributed by atoms with E-state index < -0.39 is 0 Å². The molecule has 1 aliphatic rings. The Morgan fingerprint density at radius 1 is 1.09 bits per heavy atom. The minimum atomic E-state index is -0.137. The number of rotatable bonds is 6. The number of hydrogen-bond acceptors (Lipinski definition) is 3. The first-order valence-corrected chi connectivity index (χ1v) is 7.78. The minimum absolute atomic E-state index is 0.137. The van der Waals surface area contributed by atoms with Crippen LogP contribution in [0.5, 0.6) is 5.75 Å². The van der Waals surface area contributed by atoms with E-state index in [1.165, 1.54) is 0 Å². The SMILES string of the molecule is COc1ccccc1CNc1ccc(NC(=O)NC2CC2)cc1. The zero-order chi connectivity index (χ0) is 16.1. The zero-order valence-corrected chi connectivity index (χ0v) is 13.1. The highest BCUT2D eigenvalue weighted by Crippen LogP contribution is 2.21. The van der Waals surface area contributed by atoms with Crippen LogP contribution in [0.15, 0.2) is 48.5 Å². The molecule has 5 nitrogen and oxygen atoms in total. The summed E-state index contributed by atoms with van der Waals surface area (Å²) in [5, 5.41) is 9.08. The second-order valence-electron chi connectivity index (χ2n) is 5.62. The van der Waals surface area contributed by atoms with E-state index >= 15 is 0 Å². The summed E-state index contributed by atoms with van der Waals surface area (Å²) in [5.41, 5.74) is 2.87. The Kier molecular flexibility index (Phi) is 4.66. The van der Waals surface area contributed by atoms with E-state index in [9.17, 15) is 4.79 Å². The maximum absolute atomic E-state index is 11.7. The third-order valence-electron chi connectivity index (χ3n) is 3.73. The lowest BCUT2D eigenvalue weighted by Gasteiger charge is -2.11. The van der Waals surface area contributed by atoms with Gasteiger partial charge in [-0.05, 0) is 43.2 Å². The number of hydrogen-bond donors (Lipinski definition) is 3. The fraction of sp³-hybridized carbons (Fsp3) is 0.278. The van der Waals surface area contributed by atoms with Crippen LogP contribution in [0.25, 0.3) is 0 Å². The maximum atomic E-state index is 11.7. The van der Waals surface area contributed by atoms with Crippen molar-refractivity contribution in [2.45, 2.75) is 25.4 Å². The fourth-order valence-corrected chi connectivity index (χ4v) is 2.30. The number of carbonyl (C=O) groups excluding carboxylic acids is 1. The number of benzene rings is 2. The molecule has 0 radical (unpaired) electrons. The summed E-state index contributed by atoms with van der Waals surface area (Å²) in [5.74, 6) is 0.870. The highest BCUT2D eigenvalue weighted by atomic mass is 16.5. The van der Waals surface area contributed by atoms with Gasteiger partial charge < -0.3 is 20.7 Å². The van der Waals surface area contributed by atoms with Gasteiger partial charge in [-0.1, -0.05) is 18.2 Å². The molecule has 1 aliphatic carbocycles. The molecule has 2 aromatic rings. The van der Waals surface area contributed by atoms with Crippen molar-refractivity contribution in [3.63, 3.8) is 0 Å². The van der Waals surface area contributed by atoms with Crippen LogP contribution in [0.2, 0.25) is 0 Å². The van der Waals surface area contributed by atoms with Gasteiger partial charge in [0.1, 0.15) is 5.75 Å². The third kappa shape index (κ3) is 4.39. The van der Waals surface area contributed by atoms with Crippen LogP contribution in [-0.4, -0.2) is 19.2 Å². The standard InChI is InChI=1S/C18H21N3O2/c1-23-17-5-3-2-4-13(17)12-19-14-6-8-15(9-7-14)20-18(22)21-16-10-11-16/h2-9,16,19H,10-12H2,1H3,(H2,20,21,22). The second-order valence-corrected chi connectivity index (χ2v) is 5.62. The van der Waals surface area contributed by atoms with Crippen molar-refractivity contribution in [3.05, 3.63) is 54.1 Å². The topological polar surface area (TPSA) is 62.4 Å². The van der Waals surface area contributed by atoms with Crippen LogP contribution in [0, 0.1) is 0 Å². The lowest BCUT2D eigenvalue weighted by atomic mass is 10.2. The van der Waals surface area contributed by atoms with Gasteiger partial charge in [-0.3, -0.25) is 0 Å².